The van der Waals surface area contributed by atoms with E-state index in [0.717, 1.165) is 0 Å². The average Bonchev–Trinajstić information content (AvgIpc) is 2.89. The van der Waals surface area contributed by atoms with Crippen LogP contribution in [-0.4, -0.2) is 42.4 Å². The number of aromatic hydroxyl groups is 3. The Hall–Kier alpha value is -3.81. The van der Waals surface area contributed by atoms with Crippen molar-refractivity contribution in [2.75, 3.05) is 21.3 Å². The van der Waals surface area contributed by atoms with Gasteiger partial charge in [-0.2, -0.15) is 0 Å². The molecule has 0 aromatic heterocycles. The summed E-state index contributed by atoms with van der Waals surface area (Å²) in [7, 11) is 4.38. The Morgan fingerprint density at radius 1 is 0.744 bits per heavy atom. The second-order valence-corrected chi connectivity index (χ2v) is 10.7. The van der Waals surface area contributed by atoms with E-state index in [0.29, 0.717) is 44.7 Å². The predicted molar refractivity (Wildman–Crippen MR) is 151 cm³/mol. The highest BCUT2D eigenvalue weighted by Gasteiger charge is 2.43. The maximum atomic E-state index is 14.0. The third kappa shape index (κ3) is 3.67. The molecule has 5 rings (SSSR count). The highest BCUT2D eigenvalue weighted by atomic mass is 35.5. The Balaban J connectivity index is 1.95. The van der Waals surface area contributed by atoms with E-state index in [1.54, 1.807) is 31.2 Å². The summed E-state index contributed by atoms with van der Waals surface area (Å²) >= 11 is 13.1. The minimum Gasteiger partial charge on any atom is -0.507 e. The van der Waals surface area contributed by atoms with Gasteiger partial charge in [0.1, 0.15) is 39.5 Å². The van der Waals surface area contributed by atoms with Crippen molar-refractivity contribution in [2.45, 2.75) is 26.2 Å². The molecule has 0 unspecified atom stereocenters. The van der Waals surface area contributed by atoms with E-state index < -0.39 is 16.9 Å². The molecule has 0 atom stereocenters. The molecule has 4 aromatic carbocycles. The minimum atomic E-state index is -0.885. The van der Waals surface area contributed by atoms with E-state index in [4.69, 9.17) is 37.4 Å². The van der Waals surface area contributed by atoms with E-state index in [1.165, 1.54) is 27.4 Å². The van der Waals surface area contributed by atoms with Crippen LogP contribution in [0.5, 0.6) is 34.5 Å². The molecule has 0 heterocycles. The summed E-state index contributed by atoms with van der Waals surface area (Å²) < 4.78 is 16.2. The van der Waals surface area contributed by atoms with E-state index in [2.05, 4.69) is 0 Å². The molecule has 0 bridgehead atoms. The van der Waals surface area contributed by atoms with Gasteiger partial charge in [-0.15, -0.1) is 0 Å². The normalized spacial score (nSPS) is 13.7. The first-order valence-corrected chi connectivity index (χ1v) is 12.7. The highest BCUT2D eigenvalue weighted by molar-refractivity contribution is 6.39. The minimum absolute atomic E-state index is 0.00433. The van der Waals surface area contributed by atoms with E-state index in [9.17, 15) is 20.1 Å². The quantitative estimate of drug-likeness (QED) is 0.240. The van der Waals surface area contributed by atoms with Crippen molar-refractivity contribution in [3.63, 3.8) is 0 Å². The fourth-order valence-electron chi connectivity index (χ4n) is 5.55. The molecule has 3 N–H and O–H groups in total. The largest absolute Gasteiger partial charge is 0.507 e. The Morgan fingerprint density at radius 3 is 1.92 bits per heavy atom. The van der Waals surface area contributed by atoms with Crippen LogP contribution in [0.25, 0.3) is 21.9 Å². The maximum Gasteiger partial charge on any atom is 0.201 e. The first-order valence-electron chi connectivity index (χ1n) is 12.0. The number of aryl methyl sites for hydroxylation is 1. The van der Waals surface area contributed by atoms with Crippen LogP contribution >= 0.6 is 23.2 Å². The summed E-state index contributed by atoms with van der Waals surface area (Å²) in [5.74, 6) is -0.471. The third-order valence-corrected chi connectivity index (χ3v) is 8.29. The van der Waals surface area contributed by atoms with Gasteiger partial charge in [0.25, 0.3) is 0 Å². The van der Waals surface area contributed by atoms with Gasteiger partial charge in [0, 0.05) is 33.4 Å². The van der Waals surface area contributed by atoms with E-state index in [-0.39, 0.29) is 43.8 Å². The first kappa shape index (κ1) is 26.8. The number of benzene rings is 4. The van der Waals surface area contributed by atoms with Crippen LogP contribution in [0.4, 0.5) is 0 Å². The van der Waals surface area contributed by atoms with Crippen molar-refractivity contribution in [3.05, 3.63) is 68.2 Å². The lowest BCUT2D eigenvalue weighted by atomic mass is 9.67. The van der Waals surface area contributed by atoms with E-state index in [1.807, 2.05) is 13.8 Å². The smallest absolute Gasteiger partial charge is 0.201 e. The standard InChI is InChI=1S/C30H26Cl2O7/c1-12-7-13(37-4)8-18(33)21(12)14-10-19(38-5)25(31)15-9-16-23(27(34)22(14)15)28(35)24-17(30(16,2)3)11-20(39-6)26(32)29(24)36/h7-11,33-34,36H,1-6H3. The average molecular weight is 569 g/mol. The van der Waals surface area contributed by atoms with Crippen LogP contribution in [0, 0.1) is 6.92 Å². The number of halogens is 2. The number of phenols is 3. The fourth-order valence-corrected chi connectivity index (χ4v) is 6.06. The number of hydrogen-bond acceptors (Lipinski definition) is 7. The number of carbonyl (C=O) groups excluding carboxylic acids is 1. The number of fused-ring (bicyclic) bond motifs is 3. The van der Waals surface area contributed by atoms with Crippen LogP contribution in [0.15, 0.2) is 30.3 Å². The highest BCUT2D eigenvalue weighted by Crippen LogP contribution is 2.55. The number of ether oxygens (including phenoxy) is 3. The van der Waals surface area contributed by atoms with Crippen LogP contribution in [-0.2, 0) is 5.41 Å². The number of rotatable bonds is 4. The molecule has 9 heteroatoms. The lowest BCUT2D eigenvalue weighted by Gasteiger charge is -2.36. The van der Waals surface area contributed by atoms with E-state index >= 15 is 0 Å². The predicted octanol–water partition coefficient (Wildman–Crippen LogP) is 7.13. The zero-order valence-electron chi connectivity index (χ0n) is 22.1. The molecular formula is C30H26Cl2O7. The summed E-state index contributed by atoms with van der Waals surface area (Å²) in [6, 6.07) is 8.18. The summed E-state index contributed by atoms with van der Waals surface area (Å²) in [5, 5.41) is 34.6. The number of methoxy groups -OCH3 is 3. The lowest BCUT2D eigenvalue weighted by molar-refractivity contribution is 0.102. The zero-order chi connectivity index (χ0) is 28.5. The molecule has 0 radical (unpaired) electrons. The van der Waals surface area contributed by atoms with Crippen molar-refractivity contribution in [1.29, 1.82) is 0 Å². The zero-order valence-corrected chi connectivity index (χ0v) is 23.6. The molecule has 202 valence electrons. The molecule has 39 heavy (non-hydrogen) atoms. The molecule has 1 aliphatic carbocycles. The molecule has 4 aromatic rings. The molecule has 0 saturated carbocycles. The summed E-state index contributed by atoms with van der Waals surface area (Å²) in [5.41, 5.74) is 1.54. The van der Waals surface area contributed by atoms with Crippen LogP contribution in [0.3, 0.4) is 0 Å². The second-order valence-electron chi connectivity index (χ2n) is 9.97. The van der Waals surface area contributed by atoms with Crippen LogP contribution < -0.4 is 14.2 Å². The molecule has 0 fully saturated rings. The van der Waals surface area contributed by atoms with Gasteiger partial charge >= 0.3 is 0 Å². The van der Waals surface area contributed by atoms with Gasteiger partial charge in [-0.3, -0.25) is 4.79 Å². The molecule has 1 aliphatic rings. The lowest BCUT2D eigenvalue weighted by Crippen LogP contribution is -2.31. The summed E-state index contributed by atoms with van der Waals surface area (Å²) in [6.45, 7) is 5.52. The van der Waals surface area contributed by atoms with Crippen molar-refractivity contribution in [3.8, 4) is 45.6 Å². The summed E-state index contributed by atoms with van der Waals surface area (Å²) in [6.07, 6.45) is 0. The van der Waals surface area contributed by atoms with Gasteiger partial charge in [-0.25, -0.2) is 0 Å². The van der Waals surface area contributed by atoms with Crippen molar-refractivity contribution >= 4 is 39.8 Å². The number of hydrogen-bond donors (Lipinski definition) is 3. The number of carbonyl (C=O) groups is 1. The van der Waals surface area contributed by atoms with Gasteiger partial charge in [0.2, 0.25) is 5.78 Å². The van der Waals surface area contributed by atoms with Gasteiger partial charge in [-0.1, -0.05) is 37.0 Å². The Morgan fingerprint density at radius 2 is 1.33 bits per heavy atom. The SMILES string of the molecule is COc1cc(C)c(-c2cc(OC)c(Cl)c3cc4c(c(O)c23)C(=O)c2c(cc(OC)c(Cl)c2O)C4(C)C)c(O)c1. The van der Waals surface area contributed by atoms with Crippen molar-refractivity contribution in [2.24, 2.45) is 0 Å². The summed E-state index contributed by atoms with van der Waals surface area (Å²) in [4.78, 5) is 14.0. The maximum absolute atomic E-state index is 14.0. The Labute approximate surface area is 235 Å². The number of phenolic OH excluding ortho intramolecular Hbond substituents is 3. The molecule has 7 nitrogen and oxygen atoms in total. The molecular weight excluding hydrogens is 543 g/mol. The van der Waals surface area contributed by atoms with Gasteiger partial charge in [-0.05, 0) is 47.9 Å². The molecule has 0 saturated heterocycles. The van der Waals surface area contributed by atoms with Crippen LogP contribution in [0.1, 0.15) is 46.5 Å². The molecule has 0 amide bonds. The van der Waals surface area contributed by atoms with Crippen molar-refractivity contribution in [1.82, 2.24) is 0 Å². The number of ketones is 1. The first-order chi connectivity index (χ1) is 18.4. The molecule has 0 spiro atoms. The third-order valence-electron chi connectivity index (χ3n) is 7.54. The Bertz CT molecular complexity index is 1700. The molecule has 0 aliphatic heterocycles. The monoisotopic (exact) mass is 568 g/mol. The van der Waals surface area contributed by atoms with Crippen molar-refractivity contribution < 1.29 is 34.3 Å². The van der Waals surface area contributed by atoms with Gasteiger partial charge in [0.15, 0.2) is 0 Å². The van der Waals surface area contributed by atoms with Gasteiger partial charge in [0.05, 0.1) is 37.5 Å². The second kappa shape index (κ2) is 9.14. The topological polar surface area (TPSA) is 105 Å². The van der Waals surface area contributed by atoms with Crippen LogP contribution in [0.2, 0.25) is 10.0 Å². The van der Waals surface area contributed by atoms with Gasteiger partial charge < -0.3 is 29.5 Å². The Kier molecular flexibility index (Phi) is 6.28. The fraction of sp³-hybridized carbons (Fsp3) is 0.233.